The largest absolute Gasteiger partial charge is 0.469 e. The number of piperidine rings is 1. The van der Waals surface area contributed by atoms with E-state index in [-0.39, 0.29) is 36.0 Å². The third-order valence-corrected chi connectivity index (χ3v) is 5.30. The number of nitrogens with zero attached hydrogens (tertiary/aromatic N) is 1. The van der Waals surface area contributed by atoms with Crippen molar-refractivity contribution in [3.05, 3.63) is 35.4 Å². The molecule has 0 aromatic heterocycles. The molecule has 2 fully saturated rings. The number of aliphatic hydroxyl groups is 1. The summed E-state index contributed by atoms with van der Waals surface area (Å²) in [6.45, 7) is 2.06. The van der Waals surface area contributed by atoms with Crippen LogP contribution in [0.2, 0.25) is 0 Å². The van der Waals surface area contributed by atoms with Crippen LogP contribution in [0, 0.1) is 12.8 Å². The van der Waals surface area contributed by atoms with E-state index in [2.05, 4.69) is 36.1 Å². The van der Waals surface area contributed by atoms with E-state index in [1.165, 1.54) is 18.2 Å². The summed E-state index contributed by atoms with van der Waals surface area (Å²) in [4.78, 5) is 14.5. The molecule has 0 unspecified atom stereocenters. The van der Waals surface area contributed by atoms with Gasteiger partial charge in [0.2, 0.25) is 0 Å². The van der Waals surface area contributed by atoms with E-state index < -0.39 is 0 Å². The van der Waals surface area contributed by atoms with Gasteiger partial charge in [0.05, 0.1) is 19.1 Å². The van der Waals surface area contributed by atoms with Crippen molar-refractivity contribution in [3.8, 4) is 0 Å². The van der Waals surface area contributed by atoms with Crippen molar-refractivity contribution in [2.75, 3.05) is 14.2 Å². The third kappa shape index (κ3) is 2.36. The number of carbonyl (C=O) groups excluding carboxylic acids is 1. The SMILES string of the molecule is COC(=O)[C@@H]1[C@@H](c2ccc(C)cc2)C[C@@H]2[C@H](O)C[C@H]1N2C. The van der Waals surface area contributed by atoms with Crippen molar-refractivity contribution in [2.45, 2.75) is 43.9 Å². The van der Waals surface area contributed by atoms with Crippen LogP contribution in [0.3, 0.4) is 0 Å². The van der Waals surface area contributed by atoms with Crippen LogP contribution in [-0.4, -0.2) is 48.3 Å². The number of aliphatic hydroxyl groups excluding tert-OH is 1. The van der Waals surface area contributed by atoms with E-state index >= 15 is 0 Å². The molecule has 3 rings (SSSR count). The Morgan fingerprint density at radius 1 is 1.24 bits per heavy atom. The number of aryl methyl sites for hydroxylation is 1. The zero-order chi connectivity index (χ0) is 15.1. The molecule has 0 radical (unpaired) electrons. The molecule has 4 heteroatoms. The van der Waals surface area contributed by atoms with E-state index in [1.807, 2.05) is 7.05 Å². The van der Waals surface area contributed by atoms with Gasteiger partial charge in [0.15, 0.2) is 0 Å². The predicted octanol–water partition coefficient (Wildman–Crippen LogP) is 1.71. The molecule has 2 heterocycles. The minimum Gasteiger partial charge on any atom is -0.469 e. The Labute approximate surface area is 125 Å². The van der Waals surface area contributed by atoms with Crippen LogP contribution in [0.25, 0.3) is 0 Å². The van der Waals surface area contributed by atoms with Gasteiger partial charge in [-0.15, -0.1) is 0 Å². The molecular formula is C17H23NO3. The zero-order valence-corrected chi connectivity index (χ0v) is 12.8. The fourth-order valence-corrected chi connectivity index (χ4v) is 4.10. The van der Waals surface area contributed by atoms with E-state index in [0.717, 1.165) is 6.42 Å². The van der Waals surface area contributed by atoms with Crippen LogP contribution in [0.4, 0.5) is 0 Å². The monoisotopic (exact) mass is 289 g/mol. The normalized spacial score (nSPS) is 35.7. The van der Waals surface area contributed by atoms with Gasteiger partial charge in [-0.25, -0.2) is 0 Å². The molecule has 5 atom stereocenters. The minimum absolute atomic E-state index is 0.0671. The molecule has 0 spiro atoms. The summed E-state index contributed by atoms with van der Waals surface area (Å²) in [5.74, 6) is -0.234. The summed E-state index contributed by atoms with van der Waals surface area (Å²) in [5.41, 5.74) is 2.39. The quantitative estimate of drug-likeness (QED) is 0.842. The first-order valence-electron chi connectivity index (χ1n) is 7.57. The van der Waals surface area contributed by atoms with Crippen LogP contribution < -0.4 is 0 Å². The highest BCUT2D eigenvalue weighted by Gasteiger charge is 2.53. The molecule has 4 nitrogen and oxygen atoms in total. The first-order chi connectivity index (χ1) is 10.0. The first-order valence-corrected chi connectivity index (χ1v) is 7.57. The highest BCUT2D eigenvalue weighted by atomic mass is 16.5. The second kappa shape index (κ2) is 5.43. The smallest absolute Gasteiger partial charge is 0.310 e. The number of likely N-dealkylation sites (N-methyl/N-ethyl adjacent to an activating group) is 1. The number of carbonyl (C=O) groups is 1. The highest BCUT2D eigenvalue weighted by Crippen LogP contribution is 2.46. The number of benzene rings is 1. The standard InChI is InChI=1S/C17H23NO3/c1-10-4-6-11(7-5-10)12-8-13-15(19)9-14(18(13)2)16(12)17(20)21-3/h4-7,12-16,19H,8-9H2,1-3H3/t12-,13-,14-,15-,16-/m1/s1. The maximum atomic E-state index is 12.3. The summed E-state index contributed by atoms with van der Waals surface area (Å²) in [6, 6.07) is 8.58. The van der Waals surface area contributed by atoms with E-state index in [4.69, 9.17) is 4.74 Å². The topological polar surface area (TPSA) is 49.8 Å². The van der Waals surface area contributed by atoms with Crippen LogP contribution in [-0.2, 0) is 9.53 Å². The van der Waals surface area contributed by atoms with Gasteiger partial charge in [-0.2, -0.15) is 0 Å². The Hall–Kier alpha value is -1.39. The Bertz CT molecular complexity index is 527. The number of hydrogen-bond acceptors (Lipinski definition) is 4. The molecule has 0 aliphatic carbocycles. The molecule has 0 saturated carbocycles. The lowest BCUT2D eigenvalue weighted by Crippen LogP contribution is -2.49. The van der Waals surface area contributed by atoms with Crippen molar-refractivity contribution in [2.24, 2.45) is 5.92 Å². The number of fused-ring (bicyclic) bond motifs is 2. The molecule has 1 N–H and O–H groups in total. The molecule has 1 aromatic rings. The van der Waals surface area contributed by atoms with Crippen molar-refractivity contribution in [3.63, 3.8) is 0 Å². The number of ether oxygens (including phenoxy) is 1. The van der Waals surface area contributed by atoms with Gasteiger partial charge in [-0.05, 0) is 32.4 Å². The van der Waals surface area contributed by atoms with Gasteiger partial charge in [-0.1, -0.05) is 29.8 Å². The van der Waals surface area contributed by atoms with Crippen molar-refractivity contribution < 1.29 is 14.6 Å². The fraction of sp³-hybridized carbons (Fsp3) is 0.588. The molecule has 1 aromatic carbocycles. The summed E-state index contributed by atoms with van der Waals surface area (Å²) in [6.07, 6.45) is 1.11. The molecular weight excluding hydrogens is 266 g/mol. The van der Waals surface area contributed by atoms with Crippen molar-refractivity contribution in [1.29, 1.82) is 0 Å². The molecule has 2 saturated heterocycles. The lowest BCUT2D eigenvalue weighted by atomic mass is 9.76. The zero-order valence-electron chi connectivity index (χ0n) is 12.8. The minimum atomic E-state index is -0.345. The molecule has 21 heavy (non-hydrogen) atoms. The van der Waals surface area contributed by atoms with Crippen molar-refractivity contribution >= 4 is 5.97 Å². The van der Waals surface area contributed by atoms with Gasteiger partial charge in [0.1, 0.15) is 0 Å². The average Bonchev–Trinajstić information content (AvgIpc) is 2.66. The number of methoxy groups -OCH3 is 1. The fourth-order valence-electron chi connectivity index (χ4n) is 4.10. The Balaban J connectivity index is 1.97. The lowest BCUT2D eigenvalue weighted by Gasteiger charge is -2.41. The van der Waals surface area contributed by atoms with Gasteiger partial charge in [0, 0.05) is 18.0 Å². The first kappa shape index (κ1) is 14.5. The Kier molecular flexibility index (Phi) is 3.76. The van der Waals surface area contributed by atoms with E-state index in [9.17, 15) is 9.90 Å². The van der Waals surface area contributed by atoms with Gasteiger partial charge in [0.25, 0.3) is 0 Å². The van der Waals surface area contributed by atoms with E-state index in [0.29, 0.717) is 6.42 Å². The van der Waals surface area contributed by atoms with E-state index in [1.54, 1.807) is 0 Å². The number of hydrogen-bond donors (Lipinski definition) is 1. The Morgan fingerprint density at radius 3 is 2.52 bits per heavy atom. The van der Waals surface area contributed by atoms with Gasteiger partial charge < -0.3 is 9.84 Å². The maximum absolute atomic E-state index is 12.3. The molecule has 0 amide bonds. The number of esters is 1. The van der Waals surface area contributed by atoms with Crippen LogP contribution in [0.1, 0.15) is 29.9 Å². The summed E-state index contributed by atoms with van der Waals surface area (Å²) in [5, 5.41) is 10.3. The van der Waals surface area contributed by atoms with Crippen LogP contribution >= 0.6 is 0 Å². The van der Waals surface area contributed by atoms with Gasteiger partial charge in [-0.3, -0.25) is 9.69 Å². The summed E-state index contributed by atoms with van der Waals surface area (Å²) < 4.78 is 5.05. The van der Waals surface area contributed by atoms with Crippen LogP contribution in [0.5, 0.6) is 0 Å². The second-order valence-corrected chi connectivity index (χ2v) is 6.41. The van der Waals surface area contributed by atoms with Crippen molar-refractivity contribution in [1.82, 2.24) is 4.90 Å². The molecule has 2 aliphatic heterocycles. The Morgan fingerprint density at radius 2 is 1.90 bits per heavy atom. The van der Waals surface area contributed by atoms with Crippen LogP contribution in [0.15, 0.2) is 24.3 Å². The molecule has 114 valence electrons. The average molecular weight is 289 g/mol. The number of rotatable bonds is 2. The lowest BCUT2D eigenvalue weighted by molar-refractivity contribution is -0.150. The molecule has 2 bridgehead atoms. The summed E-state index contributed by atoms with van der Waals surface area (Å²) in [7, 11) is 3.46. The third-order valence-electron chi connectivity index (χ3n) is 5.30. The maximum Gasteiger partial charge on any atom is 0.310 e. The van der Waals surface area contributed by atoms with Gasteiger partial charge >= 0.3 is 5.97 Å². The molecule has 2 aliphatic rings. The predicted molar refractivity (Wildman–Crippen MR) is 80.0 cm³/mol. The highest BCUT2D eigenvalue weighted by molar-refractivity contribution is 5.75. The second-order valence-electron chi connectivity index (χ2n) is 6.41. The summed E-state index contributed by atoms with van der Waals surface area (Å²) >= 11 is 0.